The van der Waals surface area contributed by atoms with Gasteiger partial charge in [-0.15, -0.1) is 0 Å². The zero-order valence-electron chi connectivity index (χ0n) is 12.6. The maximum atomic E-state index is 12.4. The van der Waals surface area contributed by atoms with Gasteiger partial charge in [-0.2, -0.15) is 0 Å². The van der Waals surface area contributed by atoms with Crippen molar-refractivity contribution in [3.8, 4) is 0 Å². The molecule has 0 aliphatic heterocycles. The number of carbonyl (C=O) groups is 2. The standard InChI is InChI=1S/C15H19Cl2NO4/c1-15(2,3)22-14(21)13(11(18)7-12(19)20)8-4-5-9(16)10(17)6-8/h4-6,11,13H,7,18H2,1-3H3,(H,19,20)/t11-,13?/m0/s1. The van der Waals surface area contributed by atoms with Crippen LogP contribution >= 0.6 is 23.2 Å². The lowest BCUT2D eigenvalue weighted by molar-refractivity contribution is -0.157. The zero-order valence-corrected chi connectivity index (χ0v) is 14.1. The normalized spacial score (nSPS) is 14.3. The monoisotopic (exact) mass is 347 g/mol. The second-order valence-corrected chi connectivity index (χ2v) is 6.76. The van der Waals surface area contributed by atoms with Crippen molar-refractivity contribution in [2.24, 2.45) is 5.73 Å². The molecule has 5 nitrogen and oxygen atoms in total. The second kappa shape index (κ2) is 7.31. The molecule has 0 amide bonds. The molecule has 0 aliphatic rings. The summed E-state index contributed by atoms with van der Waals surface area (Å²) in [7, 11) is 0. The van der Waals surface area contributed by atoms with Crippen LogP contribution in [0.1, 0.15) is 38.7 Å². The van der Waals surface area contributed by atoms with Gasteiger partial charge in [0.25, 0.3) is 0 Å². The third kappa shape index (κ3) is 5.48. The summed E-state index contributed by atoms with van der Waals surface area (Å²) >= 11 is 11.8. The molecule has 0 bridgehead atoms. The summed E-state index contributed by atoms with van der Waals surface area (Å²) in [5, 5.41) is 9.51. The number of hydrogen-bond donors (Lipinski definition) is 2. The molecule has 1 aromatic rings. The fraction of sp³-hybridized carbons (Fsp3) is 0.467. The quantitative estimate of drug-likeness (QED) is 0.798. The number of benzene rings is 1. The highest BCUT2D eigenvalue weighted by molar-refractivity contribution is 6.42. The van der Waals surface area contributed by atoms with Crippen LogP contribution < -0.4 is 5.73 Å². The molecule has 0 aliphatic carbocycles. The molecule has 0 fully saturated rings. The van der Waals surface area contributed by atoms with Crippen LogP contribution in [-0.4, -0.2) is 28.7 Å². The molecule has 1 aromatic carbocycles. The summed E-state index contributed by atoms with van der Waals surface area (Å²) in [5.74, 6) is -2.63. The molecule has 7 heteroatoms. The van der Waals surface area contributed by atoms with Crippen LogP contribution in [0.2, 0.25) is 10.0 Å². The summed E-state index contributed by atoms with van der Waals surface area (Å²) in [6.45, 7) is 5.17. The maximum absolute atomic E-state index is 12.4. The van der Waals surface area contributed by atoms with Crippen LogP contribution in [0.3, 0.4) is 0 Å². The summed E-state index contributed by atoms with van der Waals surface area (Å²) in [5.41, 5.74) is 5.66. The molecule has 0 radical (unpaired) electrons. The predicted molar refractivity (Wildman–Crippen MR) is 85.3 cm³/mol. The van der Waals surface area contributed by atoms with Gasteiger partial charge in [-0.3, -0.25) is 9.59 Å². The molecule has 1 unspecified atom stereocenters. The van der Waals surface area contributed by atoms with E-state index in [4.69, 9.17) is 38.8 Å². The van der Waals surface area contributed by atoms with Crippen LogP contribution in [0.25, 0.3) is 0 Å². The van der Waals surface area contributed by atoms with E-state index in [-0.39, 0.29) is 11.4 Å². The van der Waals surface area contributed by atoms with E-state index >= 15 is 0 Å². The van der Waals surface area contributed by atoms with Crippen molar-refractivity contribution in [3.05, 3.63) is 33.8 Å². The molecule has 22 heavy (non-hydrogen) atoms. The van der Waals surface area contributed by atoms with E-state index < -0.39 is 29.5 Å². The molecular weight excluding hydrogens is 329 g/mol. The Hall–Kier alpha value is -1.30. The van der Waals surface area contributed by atoms with E-state index in [1.165, 1.54) is 12.1 Å². The lowest BCUT2D eigenvalue weighted by Crippen LogP contribution is -2.39. The Balaban J connectivity index is 3.17. The van der Waals surface area contributed by atoms with Crippen LogP contribution in [0.5, 0.6) is 0 Å². The molecule has 0 saturated carbocycles. The van der Waals surface area contributed by atoms with E-state index in [2.05, 4.69) is 0 Å². The highest BCUT2D eigenvalue weighted by Crippen LogP contribution is 2.30. The van der Waals surface area contributed by atoms with Crippen LogP contribution in [-0.2, 0) is 14.3 Å². The number of halogens is 2. The van der Waals surface area contributed by atoms with Crippen molar-refractivity contribution in [1.29, 1.82) is 0 Å². The number of carboxylic acid groups (broad SMARTS) is 1. The number of hydrogen-bond acceptors (Lipinski definition) is 4. The minimum Gasteiger partial charge on any atom is -0.481 e. The van der Waals surface area contributed by atoms with Crippen LogP contribution in [0.4, 0.5) is 0 Å². The highest BCUT2D eigenvalue weighted by atomic mass is 35.5. The molecule has 0 heterocycles. The first-order valence-electron chi connectivity index (χ1n) is 6.66. The van der Waals surface area contributed by atoms with Crippen molar-refractivity contribution >= 4 is 35.1 Å². The molecule has 1 rings (SSSR count). The van der Waals surface area contributed by atoms with E-state index in [1.54, 1.807) is 26.8 Å². The Morgan fingerprint density at radius 1 is 1.27 bits per heavy atom. The highest BCUT2D eigenvalue weighted by Gasteiger charge is 2.33. The van der Waals surface area contributed by atoms with Gasteiger partial charge in [-0.1, -0.05) is 29.3 Å². The molecule has 0 aromatic heterocycles. The van der Waals surface area contributed by atoms with Gasteiger partial charge < -0.3 is 15.6 Å². The van der Waals surface area contributed by atoms with Gasteiger partial charge in [0.15, 0.2) is 0 Å². The van der Waals surface area contributed by atoms with E-state index in [1.807, 2.05) is 0 Å². The van der Waals surface area contributed by atoms with Crippen molar-refractivity contribution in [2.75, 3.05) is 0 Å². The lowest BCUT2D eigenvalue weighted by Gasteiger charge is -2.27. The lowest BCUT2D eigenvalue weighted by atomic mass is 9.90. The van der Waals surface area contributed by atoms with Crippen LogP contribution in [0.15, 0.2) is 18.2 Å². The van der Waals surface area contributed by atoms with Gasteiger partial charge in [0.2, 0.25) is 0 Å². The summed E-state index contributed by atoms with van der Waals surface area (Å²) in [4.78, 5) is 23.3. The van der Waals surface area contributed by atoms with Crippen molar-refractivity contribution in [1.82, 2.24) is 0 Å². The molecule has 0 spiro atoms. The van der Waals surface area contributed by atoms with E-state index in [9.17, 15) is 9.59 Å². The Labute approximate surface area is 139 Å². The Morgan fingerprint density at radius 3 is 2.32 bits per heavy atom. The van der Waals surface area contributed by atoms with Gasteiger partial charge in [0.1, 0.15) is 5.60 Å². The second-order valence-electron chi connectivity index (χ2n) is 5.95. The van der Waals surface area contributed by atoms with Gasteiger partial charge in [0, 0.05) is 6.04 Å². The van der Waals surface area contributed by atoms with Crippen molar-refractivity contribution < 1.29 is 19.4 Å². The Kier molecular flexibility index (Phi) is 6.23. The Morgan fingerprint density at radius 2 is 1.86 bits per heavy atom. The number of rotatable bonds is 5. The van der Waals surface area contributed by atoms with Crippen LogP contribution in [0, 0.1) is 0 Å². The van der Waals surface area contributed by atoms with Crippen molar-refractivity contribution in [3.63, 3.8) is 0 Å². The number of nitrogens with two attached hydrogens (primary N) is 1. The first-order valence-corrected chi connectivity index (χ1v) is 7.42. The number of carboxylic acids is 1. The average molecular weight is 348 g/mol. The third-order valence-corrected chi connectivity index (χ3v) is 3.54. The summed E-state index contributed by atoms with van der Waals surface area (Å²) in [6.07, 6.45) is -0.371. The number of carbonyl (C=O) groups excluding carboxylic acids is 1. The van der Waals surface area contributed by atoms with Gasteiger partial charge >= 0.3 is 11.9 Å². The number of ether oxygens (including phenoxy) is 1. The molecule has 122 valence electrons. The maximum Gasteiger partial charge on any atom is 0.315 e. The SMILES string of the molecule is CC(C)(C)OC(=O)C(c1ccc(Cl)c(Cl)c1)[C@@H](N)CC(=O)O. The smallest absolute Gasteiger partial charge is 0.315 e. The molecule has 2 atom stereocenters. The summed E-state index contributed by atoms with van der Waals surface area (Å²) in [6, 6.07) is 3.68. The first-order chi connectivity index (χ1) is 10.0. The summed E-state index contributed by atoms with van der Waals surface area (Å²) < 4.78 is 5.34. The van der Waals surface area contributed by atoms with E-state index in [0.717, 1.165) is 0 Å². The fourth-order valence-corrected chi connectivity index (χ4v) is 2.26. The van der Waals surface area contributed by atoms with Gasteiger partial charge in [-0.05, 0) is 38.5 Å². The van der Waals surface area contributed by atoms with Crippen molar-refractivity contribution in [2.45, 2.75) is 44.8 Å². The fourth-order valence-electron chi connectivity index (χ4n) is 1.95. The number of esters is 1. The third-order valence-electron chi connectivity index (χ3n) is 2.80. The Bertz CT molecular complexity index is 569. The zero-order chi connectivity index (χ0) is 17.1. The molecule has 0 saturated heterocycles. The minimum atomic E-state index is -1.10. The minimum absolute atomic E-state index is 0.259. The van der Waals surface area contributed by atoms with E-state index in [0.29, 0.717) is 10.6 Å². The predicted octanol–water partition coefficient (Wildman–Crippen LogP) is 3.22. The molecule has 3 N–H and O–H groups in total. The average Bonchev–Trinajstić information content (AvgIpc) is 2.30. The number of aliphatic carboxylic acids is 1. The largest absolute Gasteiger partial charge is 0.481 e. The first kappa shape index (κ1) is 18.7. The van der Waals surface area contributed by atoms with Gasteiger partial charge in [0.05, 0.1) is 22.4 Å². The van der Waals surface area contributed by atoms with Gasteiger partial charge in [-0.25, -0.2) is 0 Å². The molecular formula is C15H19Cl2NO4. The topological polar surface area (TPSA) is 89.6 Å².